The molecule has 1 fully saturated rings. The fourth-order valence-corrected chi connectivity index (χ4v) is 3.15. The zero-order valence-corrected chi connectivity index (χ0v) is 12.6. The predicted octanol–water partition coefficient (Wildman–Crippen LogP) is 2.75. The summed E-state index contributed by atoms with van der Waals surface area (Å²) in [4.78, 5) is 27.5. The van der Waals surface area contributed by atoms with E-state index in [1.165, 1.54) is 0 Å². The second-order valence-corrected chi connectivity index (χ2v) is 6.05. The molecular formula is C14H17BrN2O3. The zero-order chi connectivity index (χ0) is 14.6. The molecular weight excluding hydrogens is 324 g/mol. The number of aromatic nitrogens is 1. The van der Waals surface area contributed by atoms with Gasteiger partial charge in [0.2, 0.25) is 0 Å². The van der Waals surface area contributed by atoms with Crippen molar-refractivity contribution in [2.45, 2.75) is 44.1 Å². The Labute approximate surface area is 125 Å². The maximum absolute atomic E-state index is 12.3. The monoisotopic (exact) mass is 340 g/mol. The van der Waals surface area contributed by atoms with E-state index in [0.717, 1.165) is 19.3 Å². The molecule has 2 rings (SSSR count). The molecule has 20 heavy (non-hydrogen) atoms. The van der Waals surface area contributed by atoms with E-state index in [1.54, 1.807) is 18.3 Å². The van der Waals surface area contributed by atoms with Crippen LogP contribution in [0.15, 0.2) is 22.8 Å². The SMILES string of the molecule is O=C(O)CC1(NC(=O)c2ncccc2Br)CCCCC1. The number of carbonyl (C=O) groups excluding carboxylic acids is 1. The van der Waals surface area contributed by atoms with Crippen LogP contribution in [0, 0.1) is 0 Å². The molecule has 2 N–H and O–H groups in total. The van der Waals surface area contributed by atoms with Gasteiger partial charge in [-0.1, -0.05) is 19.3 Å². The van der Waals surface area contributed by atoms with E-state index in [2.05, 4.69) is 26.2 Å². The van der Waals surface area contributed by atoms with E-state index in [4.69, 9.17) is 5.11 Å². The highest BCUT2D eigenvalue weighted by Crippen LogP contribution is 2.31. The molecule has 6 heteroatoms. The molecule has 0 saturated heterocycles. The lowest BCUT2D eigenvalue weighted by atomic mass is 9.79. The van der Waals surface area contributed by atoms with Crippen LogP contribution in [0.2, 0.25) is 0 Å². The van der Waals surface area contributed by atoms with Crippen LogP contribution in [0.4, 0.5) is 0 Å². The summed E-state index contributed by atoms with van der Waals surface area (Å²) in [5.74, 6) is -1.20. The van der Waals surface area contributed by atoms with Gasteiger partial charge in [0, 0.05) is 10.7 Å². The van der Waals surface area contributed by atoms with Gasteiger partial charge in [-0.2, -0.15) is 0 Å². The second-order valence-electron chi connectivity index (χ2n) is 5.20. The van der Waals surface area contributed by atoms with E-state index < -0.39 is 11.5 Å². The molecule has 1 aromatic rings. The van der Waals surface area contributed by atoms with E-state index in [1.807, 2.05) is 0 Å². The van der Waals surface area contributed by atoms with Crippen LogP contribution in [0.5, 0.6) is 0 Å². The molecule has 1 amide bonds. The lowest BCUT2D eigenvalue weighted by molar-refractivity contribution is -0.139. The summed E-state index contributed by atoms with van der Waals surface area (Å²) in [6.07, 6.45) is 5.89. The molecule has 0 atom stereocenters. The number of hydrogen-bond acceptors (Lipinski definition) is 3. The van der Waals surface area contributed by atoms with Gasteiger partial charge >= 0.3 is 5.97 Å². The standard InChI is InChI=1S/C14H17BrN2O3/c15-10-5-4-8-16-12(10)13(20)17-14(9-11(18)19)6-2-1-3-7-14/h4-5,8H,1-3,6-7,9H2,(H,17,20)(H,18,19). The molecule has 108 valence electrons. The summed E-state index contributed by atoms with van der Waals surface area (Å²) >= 11 is 3.29. The molecule has 0 spiro atoms. The van der Waals surface area contributed by atoms with Crippen LogP contribution >= 0.6 is 15.9 Å². The van der Waals surface area contributed by atoms with Gasteiger partial charge in [0.25, 0.3) is 5.91 Å². The van der Waals surface area contributed by atoms with Crippen LogP contribution in [0.1, 0.15) is 49.0 Å². The maximum Gasteiger partial charge on any atom is 0.305 e. The summed E-state index contributed by atoms with van der Waals surface area (Å²) in [6.45, 7) is 0. The number of rotatable bonds is 4. The average Bonchev–Trinajstić information content (AvgIpc) is 2.39. The molecule has 0 bridgehead atoms. The molecule has 0 aliphatic heterocycles. The number of aliphatic carboxylic acids is 1. The molecule has 0 radical (unpaired) electrons. The van der Waals surface area contributed by atoms with Crippen molar-refractivity contribution < 1.29 is 14.7 Å². The molecule has 0 aromatic carbocycles. The van der Waals surface area contributed by atoms with E-state index in [9.17, 15) is 9.59 Å². The van der Waals surface area contributed by atoms with Crippen LogP contribution in [0.25, 0.3) is 0 Å². The molecule has 1 heterocycles. The van der Waals surface area contributed by atoms with Crippen LogP contribution < -0.4 is 5.32 Å². The van der Waals surface area contributed by atoms with Gasteiger partial charge in [-0.3, -0.25) is 9.59 Å². The Bertz CT molecular complexity index is 513. The van der Waals surface area contributed by atoms with Crippen LogP contribution in [0.3, 0.4) is 0 Å². The number of nitrogens with one attached hydrogen (secondary N) is 1. The first kappa shape index (κ1) is 15.0. The average molecular weight is 341 g/mol. The first-order valence-electron chi connectivity index (χ1n) is 6.67. The van der Waals surface area contributed by atoms with Crippen molar-refractivity contribution in [2.75, 3.05) is 0 Å². The number of carboxylic acid groups (broad SMARTS) is 1. The maximum atomic E-state index is 12.3. The number of carboxylic acids is 1. The largest absolute Gasteiger partial charge is 0.481 e. The predicted molar refractivity (Wildman–Crippen MR) is 77.5 cm³/mol. The number of hydrogen-bond donors (Lipinski definition) is 2. The van der Waals surface area contributed by atoms with Gasteiger partial charge < -0.3 is 10.4 Å². The topological polar surface area (TPSA) is 79.3 Å². The fraction of sp³-hybridized carbons (Fsp3) is 0.500. The van der Waals surface area contributed by atoms with Gasteiger partial charge in [-0.25, -0.2) is 4.98 Å². The summed E-state index contributed by atoms with van der Waals surface area (Å²) in [6, 6.07) is 3.47. The number of nitrogens with zero attached hydrogens (tertiary/aromatic N) is 1. The summed E-state index contributed by atoms with van der Waals surface area (Å²) < 4.78 is 0.610. The Morgan fingerprint density at radius 1 is 1.35 bits per heavy atom. The van der Waals surface area contributed by atoms with Gasteiger partial charge in [-0.15, -0.1) is 0 Å². The lowest BCUT2D eigenvalue weighted by Gasteiger charge is -2.36. The van der Waals surface area contributed by atoms with Crippen LogP contribution in [-0.2, 0) is 4.79 Å². The highest BCUT2D eigenvalue weighted by Gasteiger charge is 2.36. The number of halogens is 1. The van der Waals surface area contributed by atoms with Crippen molar-refractivity contribution in [3.8, 4) is 0 Å². The summed E-state index contributed by atoms with van der Waals surface area (Å²) in [5.41, 5.74) is -0.346. The van der Waals surface area contributed by atoms with Crippen LogP contribution in [-0.4, -0.2) is 27.5 Å². The van der Waals surface area contributed by atoms with Gasteiger partial charge in [-0.05, 0) is 40.9 Å². The Morgan fingerprint density at radius 3 is 2.65 bits per heavy atom. The van der Waals surface area contributed by atoms with Gasteiger partial charge in [0.15, 0.2) is 0 Å². The highest BCUT2D eigenvalue weighted by molar-refractivity contribution is 9.10. The van der Waals surface area contributed by atoms with E-state index in [0.29, 0.717) is 23.0 Å². The molecule has 1 aromatic heterocycles. The third-order valence-corrected chi connectivity index (χ3v) is 4.29. The molecule has 1 saturated carbocycles. The third-order valence-electron chi connectivity index (χ3n) is 3.65. The summed E-state index contributed by atoms with van der Waals surface area (Å²) in [5, 5.41) is 12.0. The minimum Gasteiger partial charge on any atom is -0.481 e. The Morgan fingerprint density at radius 2 is 2.05 bits per heavy atom. The summed E-state index contributed by atoms with van der Waals surface area (Å²) in [7, 11) is 0. The highest BCUT2D eigenvalue weighted by atomic mass is 79.9. The fourth-order valence-electron chi connectivity index (χ4n) is 2.72. The Kier molecular flexibility index (Phi) is 4.75. The van der Waals surface area contributed by atoms with Crippen molar-refractivity contribution in [1.82, 2.24) is 10.3 Å². The van der Waals surface area contributed by atoms with Crippen molar-refractivity contribution >= 4 is 27.8 Å². The van der Waals surface area contributed by atoms with E-state index in [-0.39, 0.29) is 12.3 Å². The molecule has 1 aliphatic rings. The Hall–Kier alpha value is -1.43. The van der Waals surface area contributed by atoms with Gasteiger partial charge in [0.05, 0.1) is 12.0 Å². The van der Waals surface area contributed by atoms with Gasteiger partial charge in [0.1, 0.15) is 5.69 Å². The van der Waals surface area contributed by atoms with Crippen molar-refractivity contribution in [1.29, 1.82) is 0 Å². The Balaban J connectivity index is 2.17. The van der Waals surface area contributed by atoms with Crippen molar-refractivity contribution in [2.24, 2.45) is 0 Å². The zero-order valence-electron chi connectivity index (χ0n) is 11.1. The first-order valence-corrected chi connectivity index (χ1v) is 7.47. The van der Waals surface area contributed by atoms with E-state index >= 15 is 0 Å². The van der Waals surface area contributed by atoms with Crippen molar-refractivity contribution in [3.05, 3.63) is 28.5 Å². The molecule has 5 nitrogen and oxygen atoms in total. The molecule has 1 aliphatic carbocycles. The first-order chi connectivity index (χ1) is 9.52. The molecule has 0 unspecified atom stereocenters. The number of carbonyl (C=O) groups is 2. The minimum absolute atomic E-state index is 0.0385. The lowest BCUT2D eigenvalue weighted by Crippen LogP contribution is -2.51. The minimum atomic E-state index is -0.882. The smallest absolute Gasteiger partial charge is 0.305 e. The third kappa shape index (κ3) is 3.56. The number of amides is 1. The number of pyridine rings is 1. The second kappa shape index (κ2) is 6.35. The normalized spacial score (nSPS) is 17.4. The quantitative estimate of drug-likeness (QED) is 0.883. The van der Waals surface area contributed by atoms with Crippen molar-refractivity contribution in [3.63, 3.8) is 0 Å².